The first-order valence-corrected chi connectivity index (χ1v) is 8.01. The average Bonchev–Trinajstić information content (AvgIpc) is 2.66. The van der Waals surface area contributed by atoms with Gasteiger partial charge in [-0.3, -0.25) is 4.79 Å². The number of carbonyl (C=O) groups is 1. The molecule has 0 saturated heterocycles. The summed E-state index contributed by atoms with van der Waals surface area (Å²) in [6, 6.07) is 1.67. The van der Waals surface area contributed by atoms with Gasteiger partial charge in [-0.2, -0.15) is 0 Å². The fourth-order valence-corrected chi connectivity index (χ4v) is 2.68. The minimum atomic E-state index is -3.34. The molecule has 20 heavy (non-hydrogen) atoms. The molecule has 1 N–H and O–H groups in total. The Morgan fingerprint density at radius 1 is 1.40 bits per heavy atom. The van der Waals surface area contributed by atoms with E-state index in [1.807, 2.05) is 26.8 Å². The molecule has 1 unspecified atom stereocenters. The molecule has 0 spiro atoms. The highest BCUT2D eigenvalue weighted by molar-refractivity contribution is 7.89. The molecule has 0 aliphatic rings. The number of hydrogen-bond donors (Lipinski definition) is 1. The van der Waals surface area contributed by atoms with Crippen molar-refractivity contribution in [3.05, 3.63) is 23.2 Å². The normalized spacial score (nSPS) is 13.5. The molecule has 0 bridgehead atoms. The largest absolute Gasteiger partial charge is 0.466 e. The second-order valence-corrected chi connectivity index (χ2v) is 7.31. The minimum absolute atomic E-state index is 0.0548. The summed E-state index contributed by atoms with van der Waals surface area (Å²) in [6.45, 7) is 5.52. The molecule has 1 aromatic heterocycles. The van der Waals surface area contributed by atoms with E-state index in [9.17, 15) is 13.2 Å². The fraction of sp³-hybridized carbons (Fsp3) is 0.615. The van der Waals surface area contributed by atoms with Gasteiger partial charge in [0, 0.05) is 26.1 Å². The van der Waals surface area contributed by atoms with Gasteiger partial charge < -0.3 is 9.73 Å². The van der Waals surface area contributed by atoms with Crippen LogP contribution >= 0.6 is 0 Å². The molecule has 1 aromatic rings. The lowest BCUT2D eigenvalue weighted by molar-refractivity contribution is -0.121. The van der Waals surface area contributed by atoms with Gasteiger partial charge in [0.1, 0.15) is 11.5 Å². The standard InChI is InChI=1S/C13H22N2O4S/c1-9-8-12(11(3)19-9)10(2)14-13(16)6-7-20(17,18)15(4)5/h8,10H,6-7H2,1-5H3,(H,14,16). The third-order valence-electron chi connectivity index (χ3n) is 3.07. The molecule has 6 nitrogen and oxygen atoms in total. The summed E-state index contributed by atoms with van der Waals surface area (Å²) in [7, 11) is -0.440. The van der Waals surface area contributed by atoms with Crippen molar-refractivity contribution in [1.29, 1.82) is 0 Å². The number of hydrogen-bond acceptors (Lipinski definition) is 4. The van der Waals surface area contributed by atoms with Crippen LogP contribution in [-0.4, -0.2) is 38.5 Å². The van der Waals surface area contributed by atoms with Gasteiger partial charge in [0.2, 0.25) is 15.9 Å². The van der Waals surface area contributed by atoms with Crippen LogP contribution in [0, 0.1) is 13.8 Å². The van der Waals surface area contributed by atoms with Crippen LogP contribution in [0.25, 0.3) is 0 Å². The maximum Gasteiger partial charge on any atom is 0.221 e. The van der Waals surface area contributed by atoms with Gasteiger partial charge in [-0.15, -0.1) is 0 Å². The number of aryl methyl sites for hydroxylation is 2. The van der Waals surface area contributed by atoms with Crippen molar-refractivity contribution in [2.75, 3.05) is 19.8 Å². The van der Waals surface area contributed by atoms with Gasteiger partial charge in [0.25, 0.3) is 0 Å². The van der Waals surface area contributed by atoms with Crippen molar-refractivity contribution in [1.82, 2.24) is 9.62 Å². The van der Waals surface area contributed by atoms with Gasteiger partial charge in [-0.1, -0.05) is 0 Å². The summed E-state index contributed by atoms with van der Waals surface area (Å²) >= 11 is 0. The Morgan fingerprint density at radius 2 is 2.00 bits per heavy atom. The van der Waals surface area contributed by atoms with Gasteiger partial charge in [-0.05, 0) is 26.8 Å². The predicted octanol–water partition coefficient (Wildman–Crippen LogP) is 1.36. The van der Waals surface area contributed by atoms with E-state index < -0.39 is 10.0 Å². The van der Waals surface area contributed by atoms with Crippen LogP contribution in [0.1, 0.15) is 36.5 Å². The fourth-order valence-electron chi connectivity index (χ4n) is 1.88. The van der Waals surface area contributed by atoms with Crippen molar-refractivity contribution in [3.63, 3.8) is 0 Å². The Balaban J connectivity index is 2.57. The number of amides is 1. The van der Waals surface area contributed by atoms with Crippen LogP contribution in [0.5, 0.6) is 0 Å². The lowest BCUT2D eigenvalue weighted by atomic mass is 10.1. The monoisotopic (exact) mass is 302 g/mol. The van der Waals surface area contributed by atoms with E-state index in [1.165, 1.54) is 14.1 Å². The van der Waals surface area contributed by atoms with Gasteiger partial charge in [-0.25, -0.2) is 12.7 Å². The Kier molecular flexibility index (Phi) is 5.35. The maximum absolute atomic E-state index is 11.8. The molecule has 0 fully saturated rings. The first-order valence-electron chi connectivity index (χ1n) is 6.40. The lowest BCUT2D eigenvalue weighted by Gasteiger charge is -2.14. The first kappa shape index (κ1) is 16.7. The van der Waals surface area contributed by atoms with Crippen LogP contribution in [0.4, 0.5) is 0 Å². The summed E-state index contributed by atoms with van der Waals surface area (Å²) in [5.74, 6) is 1.06. The topological polar surface area (TPSA) is 79.6 Å². The minimum Gasteiger partial charge on any atom is -0.466 e. The van der Waals surface area contributed by atoms with E-state index in [-0.39, 0.29) is 24.1 Å². The number of rotatable bonds is 6. The summed E-state index contributed by atoms with van der Waals surface area (Å²) in [6.07, 6.45) is -0.0548. The van der Waals surface area contributed by atoms with Crippen LogP contribution in [0.2, 0.25) is 0 Å². The zero-order valence-electron chi connectivity index (χ0n) is 12.6. The Morgan fingerprint density at radius 3 is 2.45 bits per heavy atom. The average molecular weight is 302 g/mol. The highest BCUT2D eigenvalue weighted by Gasteiger charge is 2.18. The molecule has 0 aliphatic heterocycles. The molecule has 0 saturated carbocycles. The van der Waals surface area contributed by atoms with Crippen molar-refractivity contribution in [3.8, 4) is 0 Å². The molecule has 0 aromatic carbocycles. The molecule has 1 rings (SSSR count). The number of furan rings is 1. The highest BCUT2D eigenvalue weighted by Crippen LogP contribution is 2.21. The van der Waals surface area contributed by atoms with Gasteiger partial charge in [0.05, 0.1) is 11.8 Å². The SMILES string of the molecule is Cc1cc(C(C)NC(=O)CCS(=O)(=O)N(C)C)c(C)o1. The molecule has 7 heteroatoms. The second kappa shape index (κ2) is 6.41. The second-order valence-electron chi connectivity index (χ2n) is 5.01. The lowest BCUT2D eigenvalue weighted by Crippen LogP contribution is -2.31. The number of sulfonamides is 1. The quantitative estimate of drug-likeness (QED) is 0.860. The maximum atomic E-state index is 11.8. The highest BCUT2D eigenvalue weighted by atomic mass is 32.2. The van der Waals surface area contributed by atoms with Crippen molar-refractivity contribution in [2.45, 2.75) is 33.2 Å². The van der Waals surface area contributed by atoms with Gasteiger partial charge in [0.15, 0.2) is 0 Å². The number of carbonyl (C=O) groups excluding carboxylic acids is 1. The molecule has 1 amide bonds. The summed E-state index contributed by atoms with van der Waals surface area (Å²) in [5.41, 5.74) is 0.909. The van der Waals surface area contributed by atoms with Crippen LogP contribution in [0.3, 0.4) is 0 Å². The molecule has 0 radical (unpaired) electrons. The Labute approximate surface area is 120 Å². The number of nitrogens with one attached hydrogen (secondary N) is 1. The molecule has 1 atom stereocenters. The van der Waals surface area contributed by atoms with Crippen LogP contribution in [-0.2, 0) is 14.8 Å². The molecule has 114 valence electrons. The van der Waals surface area contributed by atoms with Crippen molar-refractivity contribution >= 4 is 15.9 Å². The Hall–Kier alpha value is -1.34. The smallest absolute Gasteiger partial charge is 0.221 e. The summed E-state index contributed by atoms with van der Waals surface area (Å²) in [4.78, 5) is 11.8. The van der Waals surface area contributed by atoms with E-state index in [0.29, 0.717) is 0 Å². The van der Waals surface area contributed by atoms with E-state index in [4.69, 9.17) is 4.42 Å². The third-order valence-corrected chi connectivity index (χ3v) is 4.90. The van der Waals surface area contributed by atoms with Crippen molar-refractivity contribution < 1.29 is 17.6 Å². The van der Waals surface area contributed by atoms with E-state index in [1.54, 1.807) is 0 Å². The summed E-state index contributed by atoms with van der Waals surface area (Å²) in [5, 5.41) is 2.78. The summed E-state index contributed by atoms with van der Waals surface area (Å²) < 4.78 is 29.7. The molecule has 0 aliphatic carbocycles. The molecular formula is C13H22N2O4S. The molecular weight excluding hydrogens is 280 g/mol. The van der Waals surface area contributed by atoms with Gasteiger partial charge >= 0.3 is 0 Å². The van der Waals surface area contributed by atoms with Crippen molar-refractivity contribution in [2.24, 2.45) is 0 Å². The molecule has 1 heterocycles. The van der Waals surface area contributed by atoms with E-state index in [0.717, 1.165) is 21.4 Å². The Bertz CT molecular complexity index is 575. The predicted molar refractivity (Wildman–Crippen MR) is 76.8 cm³/mol. The third kappa shape index (κ3) is 4.35. The van der Waals surface area contributed by atoms with Crippen LogP contribution < -0.4 is 5.32 Å². The van der Waals surface area contributed by atoms with E-state index >= 15 is 0 Å². The van der Waals surface area contributed by atoms with Crippen LogP contribution in [0.15, 0.2) is 10.5 Å². The van der Waals surface area contributed by atoms with E-state index in [2.05, 4.69) is 5.32 Å². The zero-order valence-corrected chi connectivity index (χ0v) is 13.4. The number of nitrogens with zero attached hydrogens (tertiary/aromatic N) is 1. The first-order chi connectivity index (χ1) is 9.13. The zero-order chi connectivity index (χ0) is 15.5.